The summed E-state index contributed by atoms with van der Waals surface area (Å²) in [5.74, 6) is 0.218. The fourth-order valence-electron chi connectivity index (χ4n) is 4.78. The van der Waals surface area contributed by atoms with Crippen LogP contribution in [-0.4, -0.2) is 47.8 Å². The number of carbonyl (C=O) groups excluding carboxylic acids is 1. The molecule has 0 atom stereocenters. The van der Waals surface area contributed by atoms with E-state index in [0.717, 1.165) is 25.7 Å². The van der Waals surface area contributed by atoms with Gasteiger partial charge >= 0.3 is 15.5 Å². The number of rotatable bonds is 5. The largest absolute Gasteiger partial charge is 0.511 e. The van der Waals surface area contributed by atoms with Gasteiger partial charge in [0.15, 0.2) is 0 Å². The minimum atomic E-state index is -5.29. The zero-order valence-corrected chi connectivity index (χ0v) is 18.2. The minimum absolute atomic E-state index is 0.0847. The lowest BCUT2D eigenvalue weighted by atomic mass is 9.82. The first-order chi connectivity index (χ1) is 14.1. The van der Waals surface area contributed by atoms with Gasteiger partial charge in [-0.1, -0.05) is 19.3 Å². The van der Waals surface area contributed by atoms with Crippen molar-refractivity contribution in [2.45, 2.75) is 74.8 Å². The minimum Gasteiger partial charge on any atom is -0.345 e. The molecule has 11 heteroatoms. The number of piperidine rings is 1. The maximum atomic E-state index is 12.8. The van der Waals surface area contributed by atoms with Crippen molar-refractivity contribution in [3.63, 3.8) is 0 Å². The second-order valence-electron chi connectivity index (χ2n) is 8.64. The molecule has 2 aliphatic carbocycles. The number of thiazole rings is 1. The number of alkyl halides is 3. The number of nitrogens with one attached hydrogen (secondary N) is 1. The molecule has 0 aromatic carbocycles. The van der Waals surface area contributed by atoms with E-state index in [1.54, 1.807) is 5.38 Å². The summed E-state index contributed by atoms with van der Waals surface area (Å²) in [6, 6.07) is 0. The predicted octanol–water partition coefficient (Wildman–Crippen LogP) is 4.01. The molecular formula is C19H26F3N3O3S2. The molecule has 168 valence electrons. The zero-order chi connectivity index (χ0) is 21.6. The molecule has 30 heavy (non-hydrogen) atoms. The van der Waals surface area contributed by atoms with Crippen LogP contribution in [0.15, 0.2) is 5.38 Å². The lowest BCUT2D eigenvalue weighted by Crippen LogP contribution is -2.44. The fraction of sp³-hybridized carbons (Fsp3) is 0.789. The molecular weight excluding hydrogens is 439 g/mol. The topological polar surface area (TPSA) is 79.4 Å². The third-order valence-electron chi connectivity index (χ3n) is 6.73. The van der Waals surface area contributed by atoms with E-state index in [9.17, 15) is 26.4 Å². The summed E-state index contributed by atoms with van der Waals surface area (Å²) in [7, 11) is -5.29. The van der Waals surface area contributed by atoms with Gasteiger partial charge in [0.1, 0.15) is 5.69 Å². The van der Waals surface area contributed by atoms with Crippen LogP contribution in [0.5, 0.6) is 0 Å². The number of amides is 1. The molecule has 3 aliphatic rings. The highest BCUT2D eigenvalue weighted by Gasteiger charge is 2.51. The van der Waals surface area contributed by atoms with E-state index >= 15 is 0 Å². The van der Waals surface area contributed by atoms with Gasteiger partial charge in [-0.25, -0.2) is 13.4 Å². The van der Waals surface area contributed by atoms with Crippen molar-refractivity contribution in [2.75, 3.05) is 13.1 Å². The summed E-state index contributed by atoms with van der Waals surface area (Å²) < 4.78 is 61.7. The van der Waals surface area contributed by atoms with Crippen molar-refractivity contribution in [2.24, 2.45) is 5.92 Å². The monoisotopic (exact) mass is 465 g/mol. The molecule has 2 heterocycles. The summed E-state index contributed by atoms with van der Waals surface area (Å²) >= 11 is 1.32. The van der Waals surface area contributed by atoms with E-state index in [4.69, 9.17) is 0 Å². The molecule has 4 rings (SSSR count). The quantitative estimate of drug-likeness (QED) is 0.713. The molecule has 0 bridgehead atoms. The Morgan fingerprint density at radius 2 is 1.77 bits per heavy atom. The summed E-state index contributed by atoms with van der Waals surface area (Å²) in [6.45, 7) is -0.392. The van der Waals surface area contributed by atoms with Gasteiger partial charge in [0.2, 0.25) is 0 Å². The maximum absolute atomic E-state index is 12.8. The molecule has 1 amide bonds. The Bertz CT molecular complexity index is 882. The molecule has 0 unspecified atom stereocenters. The predicted molar refractivity (Wildman–Crippen MR) is 107 cm³/mol. The first-order valence-electron chi connectivity index (χ1n) is 10.5. The van der Waals surface area contributed by atoms with Crippen LogP contribution >= 0.6 is 11.3 Å². The Kier molecular flexibility index (Phi) is 5.91. The summed E-state index contributed by atoms with van der Waals surface area (Å²) in [5.41, 5.74) is -5.01. The average molecular weight is 466 g/mol. The second kappa shape index (κ2) is 8.05. The Labute approximate surface area is 178 Å². The normalized spacial score (nSPS) is 24.0. The van der Waals surface area contributed by atoms with Gasteiger partial charge in [-0.15, -0.1) is 11.3 Å². The van der Waals surface area contributed by atoms with Crippen LogP contribution in [0.25, 0.3) is 0 Å². The average Bonchev–Trinajstić information content (AvgIpc) is 3.33. The Hall–Kier alpha value is -1.20. The molecule has 2 saturated carbocycles. The Morgan fingerprint density at radius 3 is 2.33 bits per heavy atom. The van der Waals surface area contributed by atoms with Crippen molar-refractivity contribution in [1.82, 2.24) is 14.6 Å². The van der Waals surface area contributed by atoms with Crippen molar-refractivity contribution >= 4 is 27.3 Å². The van der Waals surface area contributed by atoms with Gasteiger partial charge in [0.05, 0.1) is 5.01 Å². The highest BCUT2D eigenvalue weighted by molar-refractivity contribution is 7.90. The van der Waals surface area contributed by atoms with Crippen LogP contribution in [-0.2, 0) is 10.0 Å². The standard InChI is InChI=1S/C19H26F3N3O3S2/c20-19(21,22)30(27,28)25-10-6-13(7-11-25)17-23-15(12-29-17)16(26)24-18(8-9-18)14-4-2-1-3-5-14/h12-14H,1-11H2,(H,24,26). The number of nitrogens with zero attached hydrogens (tertiary/aromatic N) is 2. The molecule has 1 aliphatic heterocycles. The van der Waals surface area contributed by atoms with E-state index in [1.165, 1.54) is 30.6 Å². The second-order valence-corrected chi connectivity index (χ2v) is 11.5. The van der Waals surface area contributed by atoms with Gasteiger partial charge in [-0.3, -0.25) is 4.79 Å². The zero-order valence-electron chi connectivity index (χ0n) is 16.6. The summed E-state index contributed by atoms with van der Waals surface area (Å²) in [6.07, 6.45) is 8.53. The Balaban J connectivity index is 1.35. The van der Waals surface area contributed by atoms with Crippen LogP contribution in [0.2, 0.25) is 0 Å². The Morgan fingerprint density at radius 1 is 1.13 bits per heavy atom. The lowest BCUT2D eigenvalue weighted by Gasteiger charge is -2.31. The maximum Gasteiger partial charge on any atom is 0.511 e. The molecule has 1 aromatic rings. The lowest BCUT2D eigenvalue weighted by molar-refractivity contribution is -0.0494. The number of aromatic nitrogens is 1. The van der Waals surface area contributed by atoms with E-state index < -0.39 is 15.5 Å². The first-order valence-corrected chi connectivity index (χ1v) is 12.8. The van der Waals surface area contributed by atoms with Gasteiger partial charge < -0.3 is 5.32 Å². The third-order valence-corrected chi connectivity index (χ3v) is 9.37. The number of carbonyl (C=O) groups is 1. The molecule has 0 spiro atoms. The van der Waals surface area contributed by atoms with Crippen LogP contribution in [0, 0.1) is 5.92 Å². The number of halogens is 3. The number of hydrogen-bond acceptors (Lipinski definition) is 5. The molecule has 0 radical (unpaired) electrons. The van der Waals surface area contributed by atoms with E-state index in [0.29, 0.717) is 20.9 Å². The van der Waals surface area contributed by atoms with Crippen molar-refractivity contribution < 1.29 is 26.4 Å². The van der Waals surface area contributed by atoms with Crippen molar-refractivity contribution in [1.29, 1.82) is 0 Å². The first kappa shape index (κ1) is 22.0. The molecule has 1 aromatic heterocycles. The highest BCUT2D eigenvalue weighted by Crippen LogP contribution is 2.48. The number of hydrogen-bond donors (Lipinski definition) is 1. The van der Waals surface area contributed by atoms with Gasteiger partial charge in [-0.2, -0.15) is 17.5 Å². The van der Waals surface area contributed by atoms with Gasteiger partial charge in [0.25, 0.3) is 5.91 Å². The molecule has 1 N–H and O–H groups in total. The van der Waals surface area contributed by atoms with Crippen LogP contribution in [0.3, 0.4) is 0 Å². The van der Waals surface area contributed by atoms with E-state index in [2.05, 4.69) is 10.3 Å². The fourth-order valence-corrected chi connectivity index (χ4v) is 6.74. The molecule has 3 fully saturated rings. The number of sulfonamides is 1. The molecule has 6 nitrogen and oxygen atoms in total. The van der Waals surface area contributed by atoms with Gasteiger partial charge in [-0.05, 0) is 44.4 Å². The van der Waals surface area contributed by atoms with Crippen LogP contribution in [0.1, 0.15) is 79.2 Å². The molecule has 1 saturated heterocycles. The van der Waals surface area contributed by atoms with Gasteiger partial charge in [0, 0.05) is 29.9 Å². The smallest absolute Gasteiger partial charge is 0.345 e. The van der Waals surface area contributed by atoms with Crippen LogP contribution in [0.4, 0.5) is 13.2 Å². The van der Waals surface area contributed by atoms with E-state index in [1.807, 2.05) is 0 Å². The van der Waals surface area contributed by atoms with Crippen LogP contribution < -0.4 is 5.32 Å². The van der Waals surface area contributed by atoms with Crippen molar-refractivity contribution in [3.8, 4) is 0 Å². The SMILES string of the molecule is O=C(NC1(C2CCCCC2)CC1)c1csc(C2CCN(S(=O)(=O)C(F)(F)F)CC2)n1. The third kappa shape index (κ3) is 4.25. The van der Waals surface area contributed by atoms with E-state index in [-0.39, 0.29) is 43.3 Å². The summed E-state index contributed by atoms with van der Waals surface area (Å²) in [4.78, 5) is 17.2. The highest BCUT2D eigenvalue weighted by atomic mass is 32.2. The van der Waals surface area contributed by atoms with Crippen molar-refractivity contribution in [3.05, 3.63) is 16.1 Å². The summed E-state index contributed by atoms with van der Waals surface area (Å²) in [5, 5.41) is 5.59.